The second-order valence-corrected chi connectivity index (χ2v) is 5.45. The molecule has 0 amide bonds. The van der Waals surface area contributed by atoms with Crippen LogP contribution >= 0.6 is 11.6 Å². The number of aromatic hydroxyl groups is 1. The fourth-order valence-electron chi connectivity index (χ4n) is 2.04. The molecule has 0 atom stereocenters. The van der Waals surface area contributed by atoms with E-state index in [-0.39, 0.29) is 5.75 Å². The van der Waals surface area contributed by atoms with E-state index in [2.05, 4.69) is 22.3 Å². The molecule has 4 heteroatoms. The van der Waals surface area contributed by atoms with E-state index in [1.165, 1.54) is 5.56 Å². The van der Waals surface area contributed by atoms with E-state index >= 15 is 0 Å². The fourth-order valence-corrected chi connectivity index (χ4v) is 2.24. The molecule has 0 unspecified atom stereocenters. The van der Waals surface area contributed by atoms with Gasteiger partial charge < -0.3 is 15.3 Å². The minimum atomic E-state index is 0.145. The normalized spacial score (nSPS) is 10.8. The van der Waals surface area contributed by atoms with Crippen LogP contribution in [0.25, 0.3) is 0 Å². The van der Waals surface area contributed by atoms with Crippen molar-refractivity contribution in [1.29, 1.82) is 0 Å². The Bertz CT molecular complexity index is 584. The highest BCUT2D eigenvalue weighted by Crippen LogP contribution is 2.27. The quantitative estimate of drug-likeness (QED) is 0.881. The summed E-state index contributed by atoms with van der Waals surface area (Å²) in [4.78, 5) is 2.13. The van der Waals surface area contributed by atoms with Crippen LogP contribution in [0.4, 0.5) is 5.69 Å². The van der Waals surface area contributed by atoms with Crippen molar-refractivity contribution >= 4 is 17.3 Å². The molecular formula is C16H19ClN2O. The first-order valence-corrected chi connectivity index (χ1v) is 6.88. The van der Waals surface area contributed by atoms with Crippen molar-refractivity contribution < 1.29 is 5.11 Å². The van der Waals surface area contributed by atoms with E-state index in [1.54, 1.807) is 6.07 Å². The summed E-state index contributed by atoms with van der Waals surface area (Å²) in [5, 5.41) is 13.6. The number of para-hydroxylation sites is 1. The second kappa shape index (κ2) is 6.64. The van der Waals surface area contributed by atoms with Gasteiger partial charge >= 0.3 is 0 Å². The van der Waals surface area contributed by atoms with Crippen LogP contribution in [-0.4, -0.2) is 24.1 Å². The van der Waals surface area contributed by atoms with Crippen molar-refractivity contribution in [3.05, 3.63) is 58.6 Å². The van der Waals surface area contributed by atoms with Gasteiger partial charge in [-0.25, -0.2) is 0 Å². The molecule has 0 bridgehead atoms. The largest absolute Gasteiger partial charge is 0.506 e. The van der Waals surface area contributed by atoms with Crippen LogP contribution in [-0.2, 0) is 13.1 Å². The van der Waals surface area contributed by atoms with Crippen LogP contribution in [0, 0.1) is 0 Å². The summed E-state index contributed by atoms with van der Waals surface area (Å²) in [6, 6.07) is 13.6. The number of hydrogen-bond donors (Lipinski definition) is 2. The van der Waals surface area contributed by atoms with Crippen molar-refractivity contribution in [2.24, 2.45) is 0 Å². The van der Waals surface area contributed by atoms with Gasteiger partial charge in [-0.3, -0.25) is 0 Å². The number of hydrogen-bond acceptors (Lipinski definition) is 3. The Hall–Kier alpha value is -1.71. The summed E-state index contributed by atoms with van der Waals surface area (Å²) in [5.41, 5.74) is 3.06. The Kier molecular flexibility index (Phi) is 4.88. The molecule has 0 fully saturated rings. The van der Waals surface area contributed by atoms with Gasteiger partial charge in [0.25, 0.3) is 0 Å². The number of phenols is 1. The summed E-state index contributed by atoms with van der Waals surface area (Å²) in [6.07, 6.45) is 0. The van der Waals surface area contributed by atoms with Gasteiger partial charge in [0.05, 0.1) is 5.02 Å². The molecule has 0 saturated carbocycles. The highest BCUT2D eigenvalue weighted by atomic mass is 35.5. The highest BCUT2D eigenvalue weighted by molar-refractivity contribution is 6.32. The first kappa shape index (κ1) is 14.7. The summed E-state index contributed by atoms with van der Waals surface area (Å²) in [7, 11) is 4.09. The van der Waals surface area contributed by atoms with E-state index in [4.69, 9.17) is 11.6 Å². The third-order valence-electron chi connectivity index (χ3n) is 2.98. The fraction of sp³-hybridized carbons (Fsp3) is 0.250. The standard InChI is InChI=1S/C16H19ClN2O/c1-19(2)11-12-5-3-7-14(9-12)18-10-13-6-4-8-15(17)16(13)20/h3-9,18,20H,10-11H2,1-2H3. The van der Waals surface area contributed by atoms with Crippen LogP contribution in [0.1, 0.15) is 11.1 Å². The summed E-state index contributed by atoms with van der Waals surface area (Å²) in [6.45, 7) is 1.44. The lowest BCUT2D eigenvalue weighted by Crippen LogP contribution is -2.10. The van der Waals surface area contributed by atoms with Gasteiger partial charge in [0.15, 0.2) is 0 Å². The van der Waals surface area contributed by atoms with Crippen molar-refractivity contribution in [2.45, 2.75) is 13.1 Å². The zero-order chi connectivity index (χ0) is 14.5. The van der Waals surface area contributed by atoms with Gasteiger partial charge in [-0.1, -0.05) is 35.9 Å². The first-order chi connectivity index (χ1) is 9.56. The number of halogens is 1. The van der Waals surface area contributed by atoms with Gasteiger partial charge in [0.2, 0.25) is 0 Å². The molecule has 2 aromatic carbocycles. The van der Waals surface area contributed by atoms with Crippen LogP contribution < -0.4 is 5.32 Å². The van der Waals surface area contributed by atoms with E-state index in [9.17, 15) is 5.11 Å². The third-order valence-corrected chi connectivity index (χ3v) is 3.28. The zero-order valence-corrected chi connectivity index (χ0v) is 12.5. The van der Waals surface area contributed by atoms with Crippen molar-refractivity contribution in [3.8, 4) is 5.75 Å². The average molecular weight is 291 g/mol. The van der Waals surface area contributed by atoms with E-state index in [1.807, 2.05) is 38.4 Å². The molecule has 0 aliphatic carbocycles. The summed E-state index contributed by atoms with van der Waals surface area (Å²) < 4.78 is 0. The summed E-state index contributed by atoms with van der Waals surface area (Å²) >= 11 is 5.89. The smallest absolute Gasteiger partial charge is 0.139 e. The van der Waals surface area contributed by atoms with Gasteiger partial charge in [-0.15, -0.1) is 0 Å². The number of rotatable bonds is 5. The minimum absolute atomic E-state index is 0.145. The molecule has 0 aromatic heterocycles. The third kappa shape index (κ3) is 3.89. The number of benzene rings is 2. The molecule has 0 saturated heterocycles. The van der Waals surface area contributed by atoms with E-state index in [0.29, 0.717) is 11.6 Å². The van der Waals surface area contributed by atoms with Crippen molar-refractivity contribution in [3.63, 3.8) is 0 Å². The van der Waals surface area contributed by atoms with Crippen LogP contribution in [0.3, 0.4) is 0 Å². The lowest BCUT2D eigenvalue weighted by atomic mass is 10.1. The lowest BCUT2D eigenvalue weighted by molar-refractivity contribution is 0.402. The Balaban J connectivity index is 2.05. The Morgan fingerprint density at radius 1 is 1.15 bits per heavy atom. The molecule has 3 nitrogen and oxygen atoms in total. The second-order valence-electron chi connectivity index (χ2n) is 5.04. The molecule has 0 radical (unpaired) electrons. The number of anilines is 1. The summed E-state index contributed by atoms with van der Waals surface area (Å²) in [5.74, 6) is 0.145. The Morgan fingerprint density at radius 2 is 1.90 bits per heavy atom. The molecule has 20 heavy (non-hydrogen) atoms. The molecule has 2 rings (SSSR count). The molecule has 2 aromatic rings. The van der Waals surface area contributed by atoms with Gasteiger partial charge in [-0.05, 0) is 37.9 Å². The van der Waals surface area contributed by atoms with Crippen molar-refractivity contribution in [1.82, 2.24) is 4.90 Å². The van der Waals surface area contributed by atoms with E-state index < -0.39 is 0 Å². The molecule has 106 valence electrons. The maximum absolute atomic E-state index is 9.87. The topological polar surface area (TPSA) is 35.5 Å². The minimum Gasteiger partial charge on any atom is -0.506 e. The van der Waals surface area contributed by atoms with Gasteiger partial charge in [0, 0.05) is 24.3 Å². The Labute approximate surface area is 124 Å². The predicted molar refractivity (Wildman–Crippen MR) is 84.3 cm³/mol. The van der Waals surface area contributed by atoms with E-state index in [0.717, 1.165) is 17.8 Å². The first-order valence-electron chi connectivity index (χ1n) is 6.50. The molecule has 0 aliphatic heterocycles. The number of phenolic OH excluding ortho intramolecular Hbond substituents is 1. The average Bonchev–Trinajstić information content (AvgIpc) is 2.40. The number of nitrogens with one attached hydrogen (secondary N) is 1. The van der Waals surface area contributed by atoms with Crippen molar-refractivity contribution in [2.75, 3.05) is 19.4 Å². The molecular weight excluding hydrogens is 272 g/mol. The highest BCUT2D eigenvalue weighted by Gasteiger charge is 2.05. The number of nitrogens with zero attached hydrogens (tertiary/aromatic N) is 1. The molecule has 0 heterocycles. The Morgan fingerprint density at radius 3 is 2.65 bits per heavy atom. The van der Waals surface area contributed by atoms with Crippen LogP contribution in [0.2, 0.25) is 5.02 Å². The monoisotopic (exact) mass is 290 g/mol. The zero-order valence-electron chi connectivity index (χ0n) is 11.7. The molecule has 0 spiro atoms. The van der Waals surface area contributed by atoms with Crippen LogP contribution in [0.5, 0.6) is 5.75 Å². The predicted octanol–water partition coefficient (Wildman–Crippen LogP) is 3.72. The maximum Gasteiger partial charge on any atom is 0.139 e. The molecule has 2 N–H and O–H groups in total. The maximum atomic E-state index is 9.87. The van der Waals surface area contributed by atoms with Gasteiger partial charge in [-0.2, -0.15) is 0 Å². The SMILES string of the molecule is CN(C)Cc1cccc(NCc2cccc(Cl)c2O)c1. The molecule has 0 aliphatic rings. The van der Waals surface area contributed by atoms with Crippen LogP contribution in [0.15, 0.2) is 42.5 Å². The van der Waals surface area contributed by atoms with Gasteiger partial charge in [0.1, 0.15) is 5.75 Å². The lowest BCUT2D eigenvalue weighted by Gasteiger charge is -2.12.